The van der Waals surface area contributed by atoms with E-state index in [1.165, 1.54) is 7.05 Å². The molecule has 8 nitrogen and oxygen atoms in total. The maximum atomic E-state index is 12.4. The molecule has 0 N–H and O–H groups in total. The van der Waals surface area contributed by atoms with Gasteiger partial charge in [0.25, 0.3) is 5.56 Å². The van der Waals surface area contributed by atoms with Crippen LogP contribution in [-0.4, -0.2) is 41.6 Å². The number of ether oxygens (including phenoxy) is 1. The molecule has 0 radical (unpaired) electrons. The fourth-order valence-corrected chi connectivity index (χ4v) is 3.56. The molecule has 12 heteroatoms. The van der Waals surface area contributed by atoms with E-state index in [4.69, 9.17) is 4.84 Å². The van der Waals surface area contributed by atoms with Crippen LogP contribution in [0.2, 0.25) is 0 Å². The third-order valence-corrected chi connectivity index (χ3v) is 4.86. The van der Waals surface area contributed by atoms with Crippen LogP contribution in [0.5, 0.6) is 5.75 Å². The summed E-state index contributed by atoms with van der Waals surface area (Å²) in [4.78, 5) is 17.1. The van der Waals surface area contributed by atoms with Crippen LogP contribution in [-0.2, 0) is 27.5 Å². The van der Waals surface area contributed by atoms with Crippen molar-refractivity contribution in [2.45, 2.75) is 37.8 Å². The standard InChI is InChI=1S/C13H16F3N3O5S/c1-12(2)4-10(18-24-12)25(21,22)6-8-9(23-7-13(14,15)16)5-17-19(3)11(8)20/h5H,4,6-7H2,1-3H3. The van der Waals surface area contributed by atoms with E-state index in [2.05, 4.69) is 15.0 Å². The highest BCUT2D eigenvalue weighted by Gasteiger charge is 2.37. The van der Waals surface area contributed by atoms with Crippen LogP contribution in [0.4, 0.5) is 13.2 Å². The Labute approximate surface area is 141 Å². The molecule has 1 aliphatic rings. The summed E-state index contributed by atoms with van der Waals surface area (Å²) >= 11 is 0. The molecule has 0 spiro atoms. The molecule has 1 aromatic heterocycles. The summed E-state index contributed by atoms with van der Waals surface area (Å²) in [5.41, 5.74) is -2.14. The van der Waals surface area contributed by atoms with Gasteiger partial charge in [0.15, 0.2) is 21.5 Å². The zero-order valence-electron chi connectivity index (χ0n) is 13.6. The van der Waals surface area contributed by atoms with Crippen LogP contribution in [0.1, 0.15) is 25.8 Å². The molecular formula is C13H16F3N3O5S. The lowest BCUT2D eigenvalue weighted by molar-refractivity contribution is -0.153. The highest BCUT2D eigenvalue weighted by molar-refractivity contribution is 8.05. The second-order valence-corrected chi connectivity index (χ2v) is 8.08. The molecule has 2 rings (SSSR count). The maximum Gasteiger partial charge on any atom is 0.422 e. The smallest absolute Gasteiger partial charge is 0.422 e. The Bertz CT molecular complexity index is 859. The number of hydrogen-bond donors (Lipinski definition) is 0. The Balaban J connectivity index is 2.35. The topological polar surface area (TPSA) is 99.9 Å². The van der Waals surface area contributed by atoms with E-state index in [1.54, 1.807) is 13.8 Å². The van der Waals surface area contributed by atoms with Gasteiger partial charge < -0.3 is 9.57 Å². The van der Waals surface area contributed by atoms with E-state index in [9.17, 15) is 26.4 Å². The number of aryl methyl sites for hydroxylation is 1. The molecule has 1 aliphatic heterocycles. The van der Waals surface area contributed by atoms with Crippen LogP contribution in [0.3, 0.4) is 0 Å². The van der Waals surface area contributed by atoms with Crippen molar-refractivity contribution >= 4 is 14.9 Å². The van der Waals surface area contributed by atoms with Crippen molar-refractivity contribution in [1.82, 2.24) is 9.78 Å². The van der Waals surface area contributed by atoms with Crippen LogP contribution in [0, 0.1) is 0 Å². The number of alkyl halides is 3. The fraction of sp³-hybridized carbons (Fsp3) is 0.615. The third kappa shape index (κ3) is 4.71. The zero-order valence-corrected chi connectivity index (χ0v) is 14.4. The highest BCUT2D eigenvalue weighted by Crippen LogP contribution is 2.27. The Morgan fingerprint density at radius 3 is 2.56 bits per heavy atom. The summed E-state index contributed by atoms with van der Waals surface area (Å²) in [7, 11) is -2.84. The fourth-order valence-electron chi connectivity index (χ4n) is 2.03. The minimum absolute atomic E-state index is 0.0144. The van der Waals surface area contributed by atoms with Gasteiger partial charge in [-0.05, 0) is 13.8 Å². The van der Waals surface area contributed by atoms with Gasteiger partial charge >= 0.3 is 6.18 Å². The number of oxime groups is 1. The van der Waals surface area contributed by atoms with Crippen molar-refractivity contribution in [2.75, 3.05) is 6.61 Å². The molecule has 0 fully saturated rings. The van der Waals surface area contributed by atoms with E-state index in [-0.39, 0.29) is 11.5 Å². The molecule has 0 unspecified atom stereocenters. The molecule has 1 aromatic rings. The summed E-state index contributed by atoms with van der Waals surface area (Å²) in [6, 6.07) is 0. The first-order chi connectivity index (χ1) is 11.3. The van der Waals surface area contributed by atoms with Crippen LogP contribution in [0.25, 0.3) is 0 Å². The van der Waals surface area contributed by atoms with E-state index in [0.717, 1.165) is 10.9 Å². The number of aromatic nitrogens is 2. The molecule has 0 amide bonds. The van der Waals surface area contributed by atoms with Crippen molar-refractivity contribution in [3.05, 3.63) is 22.1 Å². The van der Waals surface area contributed by atoms with Gasteiger partial charge in [0.2, 0.25) is 0 Å². The van der Waals surface area contributed by atoms with Gasteiger partial charge in [-0.1, -0.05) is 5.16 Å². The lowest BCUT2D eigenvalue weighted by Gasteiger charge is -2.14. The second kappa shape index (κ2) is 6.32. The highest BCUT2D eigenvalue weighted by atomic mass is 32.2. The molecule has 0 bridgehead atoms. The van der Waals surface area contributed by atoms with Crippen LogP contribution in [0.15, 0.2) is 16.1 Å². The first-order valence-corrected chi connectivity index (χ1v) is 8.68. The average molecular weight is 383 g/mol. The number of halogens is 3. The normalized spacial score (nSPS) is 17.1. The summed E-state index contributed by atoms with van der Waals surface area (Å²) < 4.78 is 67.3. The predicted molar refractivity (Wildman–Crippen MR) is 80.9 cm³/mol. The van der Waals surface area contributed by atoms with Gasteiger partial charge in [-0.2, -0.15) is 18.3 Å². The van der Waals surface area contributed by atoms with Crippen molar-refractivity contribution in [3.63, 3.8) is 0 Å². The second-order valence-electron chi connectivity index (χ2n) is 6.09. The first kappa shape index (κ1) is 19.2. The molecule has 0 aliphatic carbocycles. The summed E-state index contributed by atoms with van der Waals surface area (Å²) in [5.74, 6) is -1.41. The number of sulfone groups is 1. The van der Waals surface area contributed by atoms with Gasteiger partial charge in [-0.15, -0.1) is 0 Å². The van der Waals surface area contributed by atoms with Crippen LogP contribution < -0.4 is 10.3 Å². The van der Waals surface area contributed by atoms with Gasteiger partial charge in [0, 0.05) is 13.5 Å². The maximum absolute atomic E-state index is 12.4. The average Bonchev–Trinajstić information content (AvgIpc) is 2.83. The van der Waals surface area contributed by atoms with Crippen molar-refractivity contribution in [3.8, 4) is 5.75 Å². The molecule has 2 heterocycles. The Hall–Kier alpha value is -2.11. The molecule has 0 atom stereocenters. The minimum Gasteiger partial charge on any atom is -0.482 e. The van der Waals surface area contributed by atoms with Gasteiger partial charge in [0.1, 0.15) is 11.4 Å². The van der Waals surface area contributed by atoms with Crippen molar-refractivity contribution < 1.29 is 31.2 Å². The monoisotopic (exact) mass is 383 g/mol. The molecule has 0 saturated heterocycles. The lowest BCUT2D eigenvalue weighted by Crippen LogP contribution is -2.30. The van der Waals surface area contributed by atoms with Gasteiger partial charge in [0.05, 0.1) is 17.5 Å². The lowest BCUT2D eigenvalue weighted by atomic mass is 10.1. The number of rotatable bonds is 4. The number of nitrogens with zero attached hydrogens (tertiary/aromatic N) is 3. The van der Waals surface area contributed by atoms with Crippen molar-refractivity contribution in [1.29, 1.82) is 0 Å². The zero-order chi connectivity index (χ0) is 19.0. The Morgan fingerprint density at radius 1 is 1.40 bits per heavy atom. The Kier molecular flexibility index (Phi) is 4.86. The van der Waals surface area contributed by atoms with Gasteiger partial charge in [-0.25, -0.2) is 13.1 Å². The summed E-state index contributed by atoms with van der Waals surface area (Å²) in [6.07, 6.45) is -3.79. The molecule has 25 heavy (non-hydrogen) atoms. The molecule has 0 aromatic carbocycles. The first-order valence-electron chi connectivity index (χ1n) is 7.03. The van der Waals surface area contributed by atoms with E-state index < -0.39 is 50.8 Å². The summed E-state index contributed by atoms with van der Waals surface area (Å²) in [5, 5.41) is 6.78. The SMILES string of the molecule is Cn1ncc(OCC(F)(F)F)c(CS(=O)(=O)C2=NOC(C)(C)C2)c1=O. The van der Waals surface area contributed by atoms with Crippen LogP contribution >= 0.6 is 0 Å². The molecular weight excluding hydrogens is 367 g/mol. The minimum atomic E-state index is -4.65. The largest absolute Gasteiger partial charge is 0.482 e. The Morgan fingerprint density at radius 2 is 2.04 bits per heavy atom. The third-order valence-electron chi connectivity index (χ3n) is 3.25. The number of hydrogen-bond acceptors (Lipinski definition) is 7. The predicted octanol–water partition coefficient (Wildman–Crippen LogP) is 1.15. The molecule has 0 saturated carbocycles. The van der Waals surface area contributed by atoms with E-state index >= 15 is 0 Å². The van der Waals surface area contributed by atoms with E-state index in [0.29, 0.717) is 0 Å². The van der Waals surface area contributed by atoms with Gasteiger partial charge in [-0.3, -0.25) is 4.79 Å². The van der Waals surface area contributed by atoms with Crippen molar-refractivity contribution in [2.24, 2.45) is 12.2 Å². The van der Waals surface area contributed by atoms with E-state index in [1.807, 2.05) is 0 Å². The summed E-state index contributed by atoms with van der Waals surface area (Å²) in [6.45, 7) is 1.58. The molecule has 140 valence electrons. The quantitative estimate of drug-likeness (QED) is 0.773.